The summed E-state index contributed by atoms with van der Waals surface area (Å²) in [5, 5.41) is 12.4. The van der Waals surface area contributed by atoms with Gasteiger partial charge in [0.25, 0.3) is 0 Å². The summed E-state index contributed by atoms with van der Waals surface area (Å²) in [6.07, 6.45) is 1.99. The number of thiophene rings is 1. The standard InChI is InChI=1S/C13H12N2S2/c1-8-3-6-16-10(8)12-15-9(2)11(17-12)13(7-14)4-5-13/h3,6H,4-5H2,1-2H3. The molecule has 1 fully saturated rings. The summed E-state index contributed by atoms with van der Waals surface area (Å²) in [5.41, 5.74) is 2.11. The molecule has 0 aliphatic heterocycles. The number of hydrogen-bond donors (Lipinski definition) is 0. The zero-order valence-corrected chi connectivity index (χ0v) is 11.4. The van der Waals surface area contributed by atoms with Crippen LogP contribution in [0.4, 0.5) is 0 Å². The van der Waals surface area contributed by atoms with Crippen LogP contribution in [0.25, 0.3) is 9.88 Å². The number of aromatic nitrogens is 1. The van der Waals surface area contributed by atoms with Crippen molar-refractivity contribution >= 4 is 22.7 Å². The third-order valence-corrected chi connectivity index (χ3v) is 5.78. The van der Waals surface area contributed by atoms with E-state index in [1.807, 2.05) is 6.92 Å². The lowest BCUT2D eigenvalue weighted by atomic mass is 10.1. The quantitative estimate of drug-likeness (QED) is 0.817. The molecule has 0 N–H and O–H groups in total. The maximum atomic E-state index is 9.26. The highest BCUT2D eigenvalue weighted by atomic mass is 32.1. The second-order valence-electron chi connectivity index (χ2n) is 4.56. The van der Waals surface area contributed by atoms with Crippen LogP contribution in [0, 0.1) is 25.2 Å². The maximum absolute atomic E-state index is 9.26. The van der Waals surface area contributed by atoms with Crippen molar-refractivity contribution in [3.8, 4) is 16.0 Å². The van der Waals surface area contributed by atoms with Crippen LogP contribution < -0.4 is 0 Å². The summed E-state index contributed by atoms with van der Waals surface area (Å²) in [7, 11) is 0. The fourth-order valence-corrected chi connectivity index (χ4v) is 4.39. The highest BCUT2D eigenvalue weighted by molar-refractivity contribution is 7.21. The smallest absolute Gasteiger partial charge is 0.134 e. The minimum atomic E-state index is -0.203. The van der Waals surface area contributed by atoms with E-state index in [1.54, 1.807) is 22.7 Å². The van der Waals surface area contributed by atoms with E-state index in [9.17, 15) is 5.26 Å². The summed E-state index contributed by atoms with van der Waals surface area (Å²) in [5.74, 6) is 0. The summed E-state index contributed by atoms with van der Waals surface area (Å²) in [6, 6.07) is 4.58. The number of nitrogens with zero attached hydrogens (tertiary/aromatic N) is 2. The molecule has 0 atom stereocenters. The minimum absolute atomic E-state index is 0.203. The van der Waals surface area contributed by atoms with Crippen LogP contribution in [0.5, 0.6) is 0 Å². The van der Waals surface area contributed by atoms with Gasteiger partial charge < -0.3 is 0 Å². The molecule has 86 valence electrons. The minimum Gasteiger partial charge on any atom is -0.240 e. The summed E-state index contributed by atoms with van der Waals surface area (Å²) >= 11 is 3.43. The van der Waals surface area contributed by atoms with Gasteiger partial charge in [-0.25, -0.2) is 4.98 Å². The number of nitriles is 1. The highest BCUT2D eigenvalue weighted by Gasteiger charge is 2.47. The fraction of sp³-hybridized carbons (Fsp3) is 0.385. The maximum Gasteiger partial charge on any atom is 0.134 e. The molecule has 2 aromatic heterocycles. The summed E-state index contributed by atoms with van der Waals surface area (Å²) < 4.78 is 0. The predicted molar refractivity (Wildman–Crippen MR) is 71.4 cm³/mol. The van der Waals surface area contributed by atoms with Crippen molar-refractivity contribution < 1.29 is 0 Å². The molecule has 1 saturated carbocycles. The lowest BCUT2D eigenvalue weighted by molar-refractivity contribution is 0.914. The first kappa shape index (κ1) is 10.9. The van der Waals surface area contributed by atoms with E-state index in [4.69, 9.17) is 0 Å². The third-order valence-electron chi connectivity index (χ3n) is 3.25. The van der Waals surface area contributed by atoms with Gasteiger partial charge in [-0.15, -0.1) is 22.7 Å². The Bertz CT molecular complexity index is 612. The van der Waals surface area contributed by atoms with Crippen molar-refractivity contribution in [1.29, 1.82) is 5.26 Å². The van der Waals surface area contributed by atoms with Crippen LogP contribution in [0.1, 0.15) is 29.0 Å². The molecule has 0 radical (unpaired) electrons. The monoisotopic (exact) mass is 260 g/mol. The van der Waals surface area contributed by atoms with Gasteiger partial charge in [-0.1, -0.05) is 0 Å². The van der Waals surface area contributed by atoms with E-state index in [-0.39, 0.29) is 5.41 Å². The Morgan fingerprint density at radius 1 is 1.41 bits per heavy atom. The number of rotatable bonds is 2. The Balaban J connectivity index is 2.09. The molecule has 4 heteroatoms. The fourth-order valence-electron chi connectivity index (χ4n) is 2.04. The Morgan fingerprint density at radius 3 is 2.71 bits per heavy atom. The topological polar surface area (TPSA) is 36.7 Å². The van der Waals surface area contributed by atoms with Crippen LogP contribution in [-0.4, -0.2) is 4.98 Å². The van der Waals surface area contributed by atoms with Gasteiger partial charge >= 0.3 is 0 Å². The Labute approximate surface area is 109 Å². The molecule has 0 saturated heterocycles. The number of thiazole rings is 1. The van der Waals surface area contributed by atoms with Crippen molar-refractivity contribution in [2.45, 2.75) is 32.1 Å². The molecule has 0 unspecified atom stereocenters. The Morgan fingerprint density at radius 2 is 2.18 bits per heavy atom. The number of aryl methyl sites for hydroxylation is 2. The Kier molecular flexibility index (Phi) is 2.35. The van der Waals surface area contributed by atoms with E-state index in [0.29, 0.717) is 0 Å². The van der Waals surface area contributed by atoms with Gasteiger partial charge in [-0.05, 0) is 43.7 Å². The molecular weight excluding hydrogens is 248 g/mol. The lowest BCUT2D eigenvalue weighted by Crippen LogP contribution is -2.01. The van der Waals surface area contributed by atoms with Gasteiger partial charge in [-0.3, -0.25) is 0 Å². The number of hydrogen-bond acceptors (Lipinski definition) is 4. The first-order valence-corrected chi connectivity index (χ1v) is 7.29. The zero-order chi connectivity index (χ0) is 12.0. The summed E-state index contributed by atoms with van der Waals surface area (Å²) in [6.45, 7) is 4.13. The van der Waals surface area contributed by atoms with Gasteiger partial charge in [0.1, 0.15) is 5.01 Å². The van der Waals surface area contributed by atoms with E-state index < -0.39 is 0 Å². The first-order chi connectivity index (χ1) is 8.16. The molecule has 2 heterocycles. The highest BCUT2D eigenvalue weighted by Crippen LogP contribution is 2.52. The van der Waals surface area contributed by atoms with Crippen LogP contribution in [0.2, 0.25) is 0 Å². The van der Waals surface area contributed by atoms with Gasteiger partial charge in [0.05, 0.1) is 22.1 Å². The second-order valence-corrected chi connectivity index (χ2v) is 6.48. The summed E-state index contributed by atoms with van der Waals surface area (Å²) in [4.78, 5) is 7.08. The molecule has 1 aliphatic rings. The molecule has 0 aromatic carbocycles. The van der Waals surface area contributed by atoms with Crippen molar-refractivity contribution in [3.05, 3.63) is 27.6 Å². The van der Waals surface area contributed by atoms with E-state index in [0.717, 1.165) is 23.5 Å². The molecule has 3 rings (SSSR count). The average molecular weight is 260 g/mol. The van der Waals surface area contributed by atoms with E-state index in [1.165, 1.54) is 15.3 Å². The van der Waals surface area contributed by atoms with Gasteiger partial charge in [0.15, 0.2) is 0 Å². The first-order valence-electron chi connectivity index (χ1n) is 5.60. The van der Waals surface area contributed by atoms with Crippen molar-refractivity contribution in [3.63, 3.8) is 0 Å². The SMILES string of the molecule is Cc1ccsc1-c1nc(C)c(C2(C#N)CC2)s1. The average Bonchev–Trinajstić information content (AvgIpc) is 2.85. The molecule has 2 nitrogen and oxygen atoms in total. The normalized spacial score (nSPS) is 16.8. The van der Waals surface area contributed by atoms with Crippen LogP contribution >= 0.6 is 22.7 Å². The molecule has 0 bridgehead atoms. The van der Waals surface area contributed by atoms with Crippen molar-refractivity contribution in [2.75, 3.05) is 0 Å². The van der Waals surface area contributed by atoms with Gasteiger partial charge in [-0.2, -0.15) is 5.26 Å². The predicted octanol–water partition coefficient (Wildman–Crippen LogP) is 4.04. The van der Waals surface area contributed by atoms with E-state index in [2.05, 4.69) is 29.4 Å². The lowest BCUT2D eigenvalue weighted by Gasteiger charge is -2.00. The zero-order valence-electron chi connectivity index (χ0n) is 9.78. The molecule has 1 aliphatic carbocycles. The second kappa shape index (κ2) is 3.66. The third kappa shape index (κ3) is 1.62. The van der Waals surface area contributed by atoms with Crippen LogP contribution in [-0.2, 0) is 5.41 Å². The van der Waals surface area contributed by atoms with Crippen LogP contribution in [0.15, 0.2) is 11.4 Å². The molecule has 17 heavy (non-hydrogen) atoms. The Hall–Kier alpha value is -1.18. The van der Waals surface area contributed by atoms with Crippen molar-refractivity contribution in [1.82, 2.24) is 4.98 Å². The molecule has 2 aromatic rings. The molecule has 0 spiro atoms. The largest absolute Gasteiger partial charge is 0.240 e. The van der Waals surface area contributed by atoms with Gasteiger partial charge in [0.2, 0.25) is 0 Å². The van der Waals surface area contributed by atoms with Crippen molar-refractivity contribution in [2.24, 2.45) is 0 Å². The molecular formula is C13H12N2S2. The molecule has 0 amide bonds. The van der Waals surface area contributed by atoms with E-state index >= 15 is 0 Å². The van der Waals surface area contributed by atoms with Gasteiger partial charge in [0, 0.05) is 4.88 Å². The van der Waals surface area contributed by atoms with Crippen LogP contribution in [0.3, 0.4) is 0 Å².